The van der Waals surface area contributed by atoms with Crippen LogP contribution in [0.5, 0.6) is 0 Å². The average molecular weight is 209 g/mol. The largest absolute Gasteiger partial charge is 0.479 e. The molecule has 0 spiro atoms. The summed E-state index contributed by atoms with van der Waals surface area (Å²) in [4.78, 5) is 25.8. The van der Waals surface area contributed by atoms with Gasteiger partial charge in [-0.15, -0.1) is 0 Å². The standard InChI is InChI=1S/C10H11NO4/c1-7-2-4-8(5-3-7)10(14)11-15-6-9(12)13/h2-5H,6H2,1H3,(H,11,14)(H,12,13). The van der Waals surface area contributed by atoms with E-state index in [0.717, 1.165) is 5.56 Å². The third-order valence-electron chi connectivity index (χ3n) is 1.67. The molecule has 1 amide bonds. The molecule has 0 aliphatic carbocycles. The van der Waals surface area contributed by atoms with Gasteiger partial charge in [-0.25, -0.2) is 10.3 Å². The van der Waals surface area contributed by atoms with Crippen molar-refractivity contribution in [2.24, 2.45) is 0 Å². The normalized spacial score (nSPS) is 9.67. The van der Waals surface area contributed by atoms with Crippen molar-refractivity contribution in [1.82, 2.24) is 5.48 Å². The van der Waals surface area contributed by atoms with Crippen molar-refractivity contribution in [1.29, 1.82) is 0 Å². The number of hydrogen-bond acceptors (Lipinski definition) is 3. The van der Waals surface area contributed by atoms with E-state index in [-0.39, 0.29) is 0 Å². The lowest BCUT2D eigenvalue weighted by molar-refractivity contribution is -0.144. The Hall–Kier alpha value is -1.88. The number of aryl methyl sites for hydroxylation is 1. The van der Waals surface area contributed by atoms with Gasteiger partial charge in [-0.2, -0.15) is 0 Å². The molecule has 0 atom stereocenters. The molecule has 0 heterocycles. The molecule has 0 saturated heterocycles. The molecule has 0 aliphatic heterocycles. The number of hydroxylamine groups is 1. The van der Waals surface area contributed by atoms with Crippen molar-refractivity contribution in [2.75, 3.05) is 6.61 Å². The molecule has 0 radical (unpaired) electrons. The molecule has 0 saturated carbocycles. The molecular formula is C10H11NO4. The number of amides is 1. The summed E-state index contributed by atoms with van der Waals surface area (Å²) in [5.74, 6) is -1.60. The second-order valence-electron chi connectivity index (χ2n) is 2.98. The summed E-state index contributed by atoms with van der Waals surface area (Å²) >= 11 is 0. The van der Waals surface area contributed by atoms with Crippen molar-refractivity contribution < 1.29 is 19.5 Å². The summed E-state index contributed by atoms with van der Waals surface area (Å²) < 4.78 is 0. The molecular weight excluding hydrogens is 198 g/mol. The molecule has 80 valence electrons. The van der Waals surface area contributed by atoms with Crippen LogP contribution in [-0.2, 0) is 9.63 Å². The van der Waals surface area contributed by atoms with E-state index in [4.69, 9.17) is 5.11 Å². The van der Waals surface area contributed by atoms with E-state index in [2.05, 4.69) is 4.84 Å². The zero-order valence-electron chi connectivity index (χ0n) is 8.19. The van der Waals surface area contributed by atoms with Crippen LogP contribution in [0.1, 0.15) is 15.9 Å². The Kier molecular flexibility index (Phi) is 3.82. The van der Waals surface area contributed by atoms with Gasteiger partial charge in [0.05, 0.1) is 0 Å². The van der Waals surface area contributed by atoms with Crippen molar-refractivity contribution in [3.8, 4) is 0 Å². The van der Waals surface area contributed by atoms with E-state index in [1.54, 1.807) is 24.3 Å². The van der Waals surface area contributed by atoms with E-state index < -0.39 is 18.5 Å². The van der Waals surface area contributed by atoms with Gasteiger partial charge in [0.15, 0.2) is 6.61 Å². The molecule has 0 aliphatic rings. The smallest absolute Gasteiger partial charge is 0.332 e. The van der Waals surface area contributed by atoms with Gasteiger partial charge < -0.3 is 5.11 Å². The number of rotatable bonds is 4. The highest BCUT2D eigenvalue weighted by molar-refractivity contribution is 5.93. The summed E-state index contributed by atoms with van der Waals surface area (Å²) in [5.41, 5.74) is 3.49. The van der Waals surface area contributed by atoms with Crippen LogP contribution in [0.15, 0.2) is 24.3 Å². The van der Waals surface area contributed by atoms with E-state index in [9.17, 15) is 9.59 Å². The van der Waals surface area contributed by atoms with Crippen LogP contribution in [0.2, 0.25) is 0 Å². The fraction of sp³-hybridized carbons (Fsp3) is 0.200. The van der Waals surface area contributed by atoms with E-state index in [1.807, 2.05) is 12.4 Å². The second-order valence-corrected chi connectivity index (χ2v) is 2.98. The fourth-order valence-electron chi connectivity index (χ4n) is 0.927. The zero-order chi connectivity index (χ0) is 11.3. The number of carboxylic acids is 1. The minimum atomic E-state index is -1.14. The number of benzene rings is 1. The lowest BCUT2D eigenvalue weighted by Gasteiger charge is -2.03. The Balaban J connectivity index is 2.47. The molecule has 15 heavy (non-hydrogen) atoms. The molecule has 0 bridgehead atoms. The van der Waals surface area contributed by atoms with Crippen LogP contribution in [0, 0.1) is 6.92 Å². The average Bonchev–Trinajstić information content (AvgIpc) is 2.18. The Morgan fingerprint density at radius 2 is 1.93 bits per heavy atom. The number of nitrogens with one attached hydrogen (secondary N) is 1. The predicted molar refractivity (Wildman–Crippen MR) is 52.2 cm³/mol. The lowest BCUT2D eigenvalue weighted by Crippen LogP contribution is -2.26. The summed E-state index contributed by atoms with van der Waals surface area (Å²) in [5, 5.41) is 8.26. The molecule has 0 aromatic heterocycles. The van der Waals surface area contributed by atoms with Crippen molar-refractivity contribution >= 4 is 11.9 Å². The molecule has 0 unspecified atom stereocenters. The quantitative estimate of drug-likeness (QED) is 0.717. The monoisotopic (exact) mass is 209 g/mol. The van der Waals surface area contributed by atoms with Crippen LogP contribution in [0.25, 0.3) is 0 Å². The molecule has 1 aromatic carbocycles. The maximum atomic E-state index is 11.3. The summed E-state index contributed by atoms with van der Waals surface area (Å²) in [7, 11) is 0. The van der Waals surface area contributed by atoms with Crippen molar-refractivity contribution in [3.05, 3.63) is 35.4 Å². The lowest BCUT2D eigenvalue weighted by atomic mass is 10.1. The van der Waals surface area contributed by atoms with Crippen LogP contribution < -0.4 is 5.48 Å². The number of aliphatic carboxylic acids is 1. The predicted octanol–water partition coefficient (Wildman–Crippen LogP) is 0.741. The summed E-state index contributed by atoms with van der Waals surface area (Å²) in [6, 6.07) is 6.84. The minimum Gasteiger partial charge on any atom is -0.479 e. The first-order valence-corrected chi connectivity index (χ1v) is 4.30. The maximum absolute atomic E-state index is 11.3. The van der Waals surface area contributed by atoms with Gasteiger partial charge in [-0.3, -0.25) is 9.63 Å². The second kappa shape index (κ2) is 5.11. The Morgan fingerprint density at radius 1 is 1.33 bits per heavy atom. The minimum absolute atomic E-state index is 0.422. The van der Waals surface area contributed by atoms with E-state index in [0.29, 0.717) is 5.56 Å². The van der Waals surface area contributed by atoms with Crippen LogP contribution in [-0.4, -0.2) is 23.6 Å². The van der Waals surface area contributed by atoms with Gasteiger partial charge in [-0.05, 0) is 19.1 Å². The number of carbonyl (C=O) groups is 2. The number of hydrogen-bond donors (Lipinski definition) is 2. The molecule has 2 N–H and O–H groups in total. The van der Waals surface area contributed by atoms with Gasteiger partial charge in [-0.1, -0.05) is 17.7 Å². The first-order chi connectivity index (χ1) is 7.09. The first-order valence-electron chi connectivity index (χ1n) is 4.30. The Bertz CT molecular complexity index is 358. The maximum Gasteiger partial charge on any atom is 0.332 e. The number of carbonyl (C=O) groups excluding carboxylic acids is 1. The Labute approximate surface area is 86.6 Å². The van der Waals surface area contributed by atoms with Crippen LogP contribution in [0.3, 0.4) is 0 Å². The first kappa shape index (κ1) is 11.2. The zero-order valence-corrected chi connectivity index (χ0v) is 8.19. The highest BCUT2D eigenvalue weighted by Crippen LogP contribution is 2.02. The highest BCUT2D eigenvalue weighted by Gasteiger charge is 2.05. The van der Waals surface area contributed by atoms with Crippen molar-refractivity contribution in [2.45, 2.75) is 6.92 Å². The van der Waals surface area contributed by atoms with E-state index >= 15 is 0 Å². The van der Waals surface area contributed by atoms with Gasteiger partial charge in [0.2, 0.25) is 0 Å². The third kappa shape index (κ3) is 3.78. The van der Waals surface area contributed by atoms with Crippen molar-refractivity contribution in [3.63, 3.8) is 0 Å². The van der Waals surface area contributed by atoms with Gasteiger partial charge in [0.1, 0.15) is 0 Å². The van der Waals surface area contributed by atoms with E-state index in [1.165, 1.54) is 0 Å². The highest BCUT2D eigenvalue weighted by atomic mass is 16.7. The number of carboxylic acid groups (broad SMARTS) is 1. The molecule has 1 rings (SSSR count). The topological polar surface area (TPSA) is 75.6 Å². The van der Waals surface area contributed by atoms with Crippen LogP contribution >= 0.6 is 0 Å². The molecule has 5 heteroatoms. The molecule has 1 aromatic rings. The summed E-state index contributed by atoms with van der Waals surface area (Å²) in [6.45, 7) is 1.35. The summed E-state index contributed by atoms with van der Waals surface area (Å²) in [6.07, 6.45) is 0. The SMILES string of the molecule is Cc1ccc(C(=O)NOCC(=O)O)cc1. The van der Waals surface area contributed by atoms with Gasteiger partial charge in [0.25, 0.3) is 5.91 Å². The fourth-order valence-corrected chi connectivity index (χ4v) is 0.927. The Morgan fingerprint density at radius 3 is 2.47 bits per heavy atom. The molecule has 0 fully saturated rings. The van der Waals surface area contributed by atoms with Gasteiger partial charge in [0, 0.05) is 5.56 Å². The third-order valence-corrected chi connectivity index (χ3v) is 1.67. The molecule has 5 nitrogen and oxygen atoms in total. The van der Waals surface area contributed by atoms with Gasteiger partial charge >= 0.3 is 5.97 Å². The van der Waals surface area contributed by atoms with Crippen LogP contribution in [0.4, 0.5) is 0 Å².